The van der Waals surface area contributed by atoms with Crippen molar-refractivity contribution in [2.45, 2.75) is 39.8 Å². The summed E-state index contributed by atoms with van der Waals surface area (Å²) in [4.78, 5) is 6.84. The fraction of sp³-hybridized carbons (Fsp3) is 0.450. The van der Waals surface area contributed by atoms with Gasteiger partial charge in [-0.15, -0.1) is 24.0 Å². The molecule has 27 heavy (non-hydrogen) atoms. The van der Waals surface area contributed by atoms with Gasteiger partial charge in [-0.05, 0) is 30.5 Å². The third-order valence-electron chi connectivity index (χ3n) is 4.06. The number of hydrogen-bond acceptors (Lipinski definition) is 3. The van der Waals surface area contributed by atoms with E-state index in [0.29, 0.717) is 18.0 Å². The molecule has 2 aromatic rings. The summed E-state index contributed by atoms with van der Waals surface area (Å²) < 4.78 is 1.87. The highest BCUT2D eigenvalue weighted by atomic mass is 127. The van der Waals surface area contributed by atoms with Gasteiger partial charge in [-0.25, -0.2) is 4.99 Å². The van der Waals surface area contributed by atoms with Crippen molar-refractivity contribution in [3.63, 3.8) is 0 Å². The van der Waals surface area contributed by atoms with Gasteiger partial charge in [0.1, 0.15) is 0 Å². The van der Waals surface area contributed by atoms with Gasteiger partial charge in [-0.1, -0.05) is 26.0 Å². The number of aliphatic imine (C=N–C) groups is 1. The Labute approximate surface area is 179 Å². The summed E-state index contributed by atoms with van der Waals surface area (Å²) in [5.41, 5.74) is 4.02. The third-order valence-corrected chi connectivity index (χ3v) is 4.06. The summed E-state index contributed by atoms with van der Waals surface area (Å²) in [6.45, 7) is 8.45. The van der Waals surface area contributed by atoms with Crippen LogP contribution in [0.25, 0.3) is 0 Å². The SMILES string of the molecule is CCNC(=NCc1cccc(C#N)c1)N(C)Cc1cn(C)nc1C(C)C.I. The Bertz CT molecular complexity index is 803. The Morgan fingerprint density at radius 3 is 2.78 bits per heavy atom. The third kappa shape index (κ3) is 6.54. The minimum Gasteiger partial charge on any atom is -0.357 e. The molecule has 0 saturated heterocycles. The molecule has 1 aromatic heterocycles. The van der Waals surface area contributed by atoms with Crippen molar-refractivity contribution in [1.82, 2.24) is 20.0 Å². The van der Waals surface area contributed by atoms with Gasteiger partial charge < -0.3 is 10.2 Å². The van der Waals surface area contributed by atoms with Crippen molar-refractivity contribution >= 4 is 29.9 Å². The smallest absolute Gasteiger partial charge is 0.194 e. The average molecular weight is 480 g/mol. The Hall–Kier alpha value is -2.08. The maximum absolute atomic E-state index is 9.03. The van der Waals surface area contributed by atoms with Gasteiger partial charge in [0.15, 0.2) is 5.96 Å². The number of halogens is 1. The number of nitrogens with one attached hydrogen (secondary N) is 1. The molecule has 0 spiro atoms. The van der Waals surface area contributed by atoms with E-state index >= 15 is 0 Å². The normalized spacial score (nSPS) is 11.1. The minimum absolute atomic E-state index is 0. The van der Waals surface area contributed by atoms with Crippen molar-refractivity contribution in [2.24, 2.45) is 12.0 Å². The van der Waals surface area contributed by atoms with E-state index in [0.717, 1.165) is 30.3 Å². The Morgan fingerprint density at radius 2 is 2.15 bits per heavy atom. The van der Waals surface area contributed by atoms with Crippen LogP contribution in [0, 0.1) is 11.3 Å². The van der Waals surface area contributed by atoms with Crippen molar-refractivity contribution < 1.29 is 0 Å². The standard InChI is InChI=1S/C20H28N6.HI/c1-6-22-20(23-12-17-9-7-8-16(10-17)11-21)25(4)13-18-14-26(5)24-19(18)15(2)3;/h7-10,14-15H,6,12-13H2,1-5H3,(H,22,23);1H. The number of benzene rings is 1. The lowest BCUT2D eigenvalue weighted by Gasteiger charge is -2.22. The fourth-order valence-electron chi connectivity index (χ4n) is 2.87. The van der Waals surface area contributed by atoms with E-state index in [9.17, 15) is 0 Å². The highest BCUT2D eigenvalue weighted by molar-refractivity contribution is 14.0. The monoisotopic (exact) mass is 480 g/mol. The average Bonchev–Trinajstić information content (AvgIpc) is 2.99. The maximum Gasteiger partial charge on any atom is 0.194 e. The first-order chi connectivity index (χ1) is 12.4. The molecule has 1 aromatic carbocycles. The minimum atomic E-state index is 0. The van der Waals surface area contributed by atoms with E-state index < -0.39 is 0 Å². The molecule has 2 rings (SSSR count). The van der Waals surface area contributed by atoms with E-state index in [1.54, 1.807) is 6.07 Å². The molecule has 146 valence electrons. The lowest BCUT2D eigenvalue weighted by Crippen LogP contribution is -2.38. The molecule has 0 bridgehead atoms. The molecular weight excluding hydrogens is 451 g/mol. The number of nitrogens with zero attached hydrogens (tertiary/aromatic N) is 5. The van der Waals surface area contributed by atoms with Gasteiger partial charge in [-0.3, -0.25) is 4.68 Å². The van der Waals surface area contributed by atoms with E-state index in [1.165, 1.54) is 5.56 Å². The zero-order valence-electron chi connectivity index (χ0n) is 16.7. The van der Waals surface area contributed by atoms with Crippen LogP contribution in [-0.4, -0.2) is 34.2 Å². The molecule has 1 heterocycles. The summed E-state index contributed by atoms with van der Waals surface area (Å²) in [7, 11) is 3.99. The first-order valence-electron chi connectivity index (χ1n) is 8.95. The van der Waals surface area contributed by atoms with Crippen LogP contribution < -0.4 is 5.32 Å². The van der Waals surface area contributed by atoms with Crippen LogP contribution in [0.15, 0.2) is 35.5 Å². The predicted octanol–water partition coefficient (Wildman–Crippen LogP) is 3.63. The van der Waals surface area contributed by atoms with Crippen LogP contribution in [0.5, 0.6) is 0 Å². The molecule has 0 saturated carbocycles. The van der Waals surface area contributed by atoms with Crippen molar-refractivity contribution in [3.05, 3.63) is 52.8 Å². The number of rotatable bonds is 6. The lowest BCUT2D eigenvalue weighted by atomic mass is 10.1. The fourth-order valence-corrected chi connectivity index (χ4v) is 2.87. The summed E-state index contributed by atoms with van der Waals surface area (Å²) in [5.74, 6) is 1.22. The van der Waals surface area contributed by atoms with E-state index in [-0.39, 0.29) is 24.0 Å². The van der Waals surface area contributed by atoms with Crippen LogP contribution >= 0.6 is 24.0 Å². The number of nitriles is 1. The predicted molar refractivity (Wildman–Crippen MR) is 120 cm³/mol. The van der Waals surface area contributed by atoms with Crippen LogP contribution in [0.2, 0.25) is 0 Å². The van der Waals surface area contributed by atoms with Crippen LogP contribution in [0.1, 0.15) is 49.1 Å². The molecule has 0 aliphatic rings. The topological polar surface area (TPSA) is 69.2 Å². The zero-order valence-corrected chi connectivity index (χ0v) is 19.1. The molecule has 7 heteroatoms. The van der Waals surface area contributed by atoms with Crippen molar-refractivity contribution in [1.29, 1.82) is 5.26 Å². The first kappa shape index (κ1) is 23.0. The maximum atomic E-state index is 9.03. The lowest BCUT2D eigenvalue weighted by molar-refractivity contribution is 0.473. The molecular formula is C20H29IN6. The second-order valence-corrected chi connectivity index (χ2v) is 6.71. The number of aromatic nitrogens is 2. The summed E-state index contributed by atoms with van der Waals surface area (Å²) >= 11 is 0. The number of aryl methyl sites for hydroxylation is 1. The van der Waals surface area contributed by atoms with Gasteiger partial charge >= 0.3 is 0 Å². The van der Waals surface area contributed by atoms with Crippen molar-refractivity contribution in [2.75, 3.05) is 13.6 Å². The molecule has 6 nitrogen and oxygen atoms in total. The van der Waals surface area contributed by atoms with Gasteiger partial charge in [0, 0.05) is 38.9 Å². The van der Waals surface area contributed by atoms with E-state index in [4.69, 9.17) is 10.3 Å². The molecule has 1 N–H and O–H groups in total. The molecule has 0 amide bonds. The zero-order chi connectivity index (χ0) is 19.1. The Balaban J connectivity index is 0.00000364. The summed E-state index contributed by atoms with van der Waals surface area (Å²) in [6.07, 6.45) is 2.08. The van der Waals surface area contributed by atoms with Gasteiger partial charge in [0.2, 0.25) is 0 Å². The van der Waals surface area contributed by atoms with E-state index in [1.807, 2.05) is 37.0 Å². The Kier molecular flexibility index (Phi) is 9.29. The highest BCUT2D eigenvalue weighted by Crippen LogP contribution is 2.18. The highest BCUT2D eigenvalue weighted by Gasteiger charge is 2.15. The molecule has 0 aliphatic heterocycles. The summed E-state index contributed by atoms with van der Waals surface area (Å²) in [5, 5.41) is 17.0. The molecule has 0 atom stereocenters. The second-order valence-electron chi connectivity index (χ2n) is 6.71. The molecule has 0 radical (unpaired) electrons. The van der Waals surface area contributed by atoms with Gasteiger partial charge in [-0.2, -0.15) is 10.4 Å². The number of hydrogen-bond donors (Lipinski definition) is 1. The molecule has 0 unspecified atom stereocenters. The Morgan fingerprint density at radius 1 is 1.41 bits per heavy atom. The quantitative estimate of drug-likeness (QED) is 0.390. The molecule has 0 aliphatic carbocycles. The summed E-state index contributed by atoms with van der Waals surface area (Å²) in [6, 6.07) is 9.74. The van der Waals surface area contributed by atoms with Gasteiger partial charge in [0.25, 0.3) is 0 Å². The molecule has 0 fully saturated rings. The first-order valence-corrected chi connectivity index (χ1v) is 8.95. The van der Waals surface area contributed by atoms with Crippen molar-refractivity contribution in [3.8, 4) is 6.07 Å². The van der Waals surface area contributed by atoms with Crippen LogP contribution in [0.3, 0.4) is 0 Å². The van der Waals surface area contributed by atoms with E-state index in [2.05, 4.69) is 48.4 Å². The number of guanidine groups is 1. The second kappa shape index (κ2) is 10.9. The van der Waals surface area contributed by atoms with Gasteiger partial charge in [0.05, 0.1) is 23.9 Å². The largest absolute Gasteiger partial charge is 0.357 e. The van der Waals surface area contributed by atoms with Crippen LogP contribution in [0.4, 0.5) is 0 Å². The van der Waals surface area contributed by atoms with Crippen LogP contribution in [-0.2, 0) is 20.1 Å².